The van der Waals surface area contributed by atoms with Crippen LogP contribution < -0.4 is 0 Å². The maximum atomic E-state index is 13.8. The number of hydrogen-bond donors (Lipinski definition) is 1. The zero-order valence-corrected chi connectivity index (χ0v) is 11.5. The van der Waals surface area contributed by atoms with Gasteiger partial charge in [-0.15, -0.1) is 0 Å². The normalized spacial score (nSPS) is 42.1. The van der Waals surface area contributed by atoms with Crippen molar-refractivity contribution in [3.63, 3.8) is 0 Å². The molecule has 0 aliphatic heterocycles. The Morgan fingerprint density at radius 1 is 1.20 bits per heavy atom. The first kappa shape index (κ1) is 12.8. The summed E-state index contributed by atoms with van der Waals surface area (Å²) < 4.78 is 26.8. The SMILES string of the molecule is OC1(Cc2ccc(F)cc2F)CC2CC1C1CCCC21. The van der Waals surface area contributed by atoms with Crippen molar-refractivity contribution in [2.45, 2.75) is 44.1 Å². The fraction of sp³-hybridized carbons (Fsp3) is 0.647. The number of aliphatic hydroxyl groups is 1. The van der Waals surface area contributed by atoms with E-state index in [9.17, 15) is 13.9 Å². The van der Waals surface area contributed by atoms with E-state index >= 15 is 0 Å². The summed E-state index contributed by atoms with van der Waals surface area (Å²) in [5.41, 5.74) is -0.314. The predicted molar refractivity (Wildman–Crippen MR) is 72.1 cm³/mol. The smallest absolute Gasteiger partial charge is 0.129 e. The lowest BCUT2D eigenvalue weighted by atomic mass is 9.70. The Hall–Kier alpha value is -0.960. The first-order valence-corrected chi connectivity index (χ1v) is 7.73. The van der Waals surface area contributed by atoms with Crippen LogP contribution in [0, 0.1) is 35.3 Å². The quantitative estimate of drug-likeness (QED) is 0.874. The Morgan fingerprint density at radius 3 is 2.80 bits per heavy atom. The predicted octanol–water partition coefficient (Wildman–Crippen LogP) is 3.69. The van der Waals surface area contributed by atoms with Gasteiger partial charge in [-0.3, -0.25) is 0 Å². The molecule has 2 bridgehead atoms. The Bertz CT molecular complexity index is 544. The summed E-state index contributed by atoms with van der Waals surface area (Å²) in [7, 11) is 0. The molecule has 4 rings (SSSR count). The monoisotopic (exact) mass is 278 g/mol. The van der Waals surface area contributed by atoms with Crippen molar-refractivity contribution in [1.82, 2.24) is 0 Å². The molecule has 5 unspecified atom stereocenters. The fourth-order valence-electron chi connectivity index (χ4n) is 5.43. The summed E-state index contributed by atoms with van der Waals surface area (Å²) in [5, 5.41) is 11.0. The average Bonchev–Trinajstić information content (AvgIpc) is 3.03. The van der Waals surface area contributed by atoms with Gasteiger partial charge >= 0.3 is 0 Å². The highest BCUT2D eigenvalue weighted by atomic mass is 19.1. The van der Waals surface area contributed by atoms with Crippen LogP contribution in [0.25, 0.3) is 0 Å². The van der Waals surface area contributed by atoms with Crippen LogP contribution >= 0.6 is 0 Å². The second kappa shape index (κ2) is 4.27. The third-order valence-corrected chi connectivity index (χ3v) is 6.12. The van der Waals surface area contributed by atoms with E-state index in [0.717, 1.165) is 24.8 Å². The molecule has 3 aliphatic rings. The van der Waals surface area contributed by atoms with Crippen molar-refractivity contribution in [3.8, 4) is 0 Å². The second-order valence-corrected chi connectivity index (χ2v) is 7.08. The molecule has 0 spiro atoms. The van der Waals surface area contributed by atoms with Crippen LogP contribution in [0.15, 0.2) is 18.2 Å². The van der Waals surface area contributed by atoms with Crippen molar-refractivity contribution in [2.75, 3.05) is 0 Å². The van der Waals surface area contributed by atoms with Gasteiger partial charge in [-0.25, -0.2) is 8.78 Å². The molecule has 3 heteroatoms. The third-order valence-electron chi connectivity index (χ3n) is 6.12. The minimum absolute atomic E-state index is 0.324. The van der Waals surface area contributed by atoms with Crippen molar-refractivity contribution < 1.29 is 13.9 Å². The Balaban J connectivity index is 1.60. The van der Waals surface area contributed by atoms with Crippen molar-refractivity contribution in [3.05, 3.63) is 35.4 Å². The highest BCUT2D eigenvalue weighted by Gasteiger charge is 2.60. The van der Waals surface area contributed by atoms with E-state index in [1.165, 1.54) is 31.4 Å². The van der Waals surface area contributed by atoms with Gasteiger partial charge in [0.25, 0.3) is 0 Å². The highest BCUT2D eigenvalue weighted by Crippen LogP contribution is 2.62. The highest BCUT2D eigenvalue weighted by molar-refractivity contribution is 5.23. The van der Waals surface area contributed by atoms with E-state index in [1.807, 2.05) is 0 Å². The summed E-state index contributed by atoms with van der Waals surface area (Å²) in [4.78, 5) is 0. The molecule has 0 radical (unpaired) electrons. The van der Waals surface area contributed by atoms with E-state index < -0.39 is 17.2 Å². The third kappa shape index (κ3) is 1.75. The lowest BCUT2D eigenvalue weighted by Crippen LogP contribution is -2.43. The Labute approximate surface area is 118 Å². The maximum Gasteiger partial charge on any atom is 0.129 e. The van der Waals surface area contributed by atoms with Crippen LogP contribution in [-0.2, 0) is 6.42 Å². The van der Waals surface area contributed by atoms with Gasteiger partial charge in [0.05, 0.1) is 5.60 Å². The molecule has 0 saturated heterocycles. The molecule has 0 heterocycles. The molecular weight excluding hydrogens is 258 g/mol. The van der Waals surface area contributed by atoms with Crippen LogP contribution in [0.3, 0.4) is 0 Å². The lowest BCUT2D eigenvalue weighted by molar-refractivity contribution is -0.0455. The topological polar surface area (TPSA) is 20.2 Å². The van der Waals surface area contributed by atoms with Gasteiger partial charge in [-0.05, 0) is 61.0 Å². The molecule has 5 atom stereocenters. The van der Waals surface area contributed by atoms with Gasteiger partial charge in [0.2, 0.25) is 0 Å². The summed E-state index contributed by atoms with van der Waals surface area (Å²) >= 11 is 0. The standard InChI is InChI=1S/C17H20F2O/c18-12-5-4-10(16(19)7-12)8-17(20)9-11-6-15(17)14-3-1-2-13(11)14/h4-5,7,11,13-15,20H,1-3,6,8-9H2. The first-order chi connectivity index (χ1) is 9.57. The summed E-state index contributed by atoms with van der Waals surface area (Å²) in [6.07, 6.45) is 6.06. The molecule has 1 N–H and O–H groups in total. The van der Waals surface area contributed by atoms with E-state index in [4.69, 9.17) is 0 Å². The Morgan fingerprint density at radius 2 is 2.00 bits per heavy atom. The van der Waals surface area contributed by atoms with Gasteiger partial charge in [0, 0.05) is 12.5 Å². The molecule has 1 aromatic carbocycles. The van der Waals surface area contributed by atoms with Crippen LogP contribution in [0.4, 0.5) is 8.78 Å². The Kier molecular flexibility index (Phi) is 2.72. The summed E-state index contributed by atoms with van der Waals surface area (Å²) in [5.74, 6) is 1.32. The van der Waals surface area contributed by atoms with Crippen LogP contribution in [-0.4, -0.2) is 10.7 Å². The van der Waals surface area contributed by atoms with Gasteiger partial charge in [0.1, 0.15) is 11.6 Å². The maximum absolute atomic E-state index is 13.8. The lowest BCUT2D eigenvalue weighted by Gasteiger charge is -2.39. The van der Waals surface area contributed by atoms with Crippen LogP contribution in [0.1, 0.15) is 37.7 Å². The minimum Gasteiger partial charge on any atom is -0.389 e. The second-order valence-electron chi connectivity index (χ2n) is 7.08. The molecule has 20 heavy (non-hydrogen) atoms. The van der Waals surface area contributed by atoms with Gasteiger partial charge in [0.15, 0.2) is 0 Å². The molecule has 108 valence electrons. The van der Waals surface area contributed by atoms with Crippen molar-refractivity contribution in [2.24, 2.45) is 23.7 Å². The van der Waals surface area contributed by atoms with Crippen LogP contribution in [0.5, 0.6) is 0 Å². The van der Waals surface area contributed by atoms with E-state index in [2.05, 4.69) is 0 Å². The van der Waals surface area contributed by atoms with Gasteiger partial charge in [-0.2, -0.15) is 0 Å². The minimum atomic E-state index is -0.769. The molecular formula is C17H20F2O. The summed E-state index contributed by atoms with van der Waals surface area (Å²) in [6, 6.07) is 3.69. The number of fused-ring (bicyclic) bond motifs is 5. The molecule has 0 aromatic heterocycles. The largest absolute Gasteiger partial charge is 0.389 e. The first-order valence-electron chi connectivity index (χ1n) is 7.73. The van der Waals surface area contributed by atoms with Crippen molar-refractivity contribution >= 4 is 0 Å². The van der Waals surface area contributed by atoms with Gasteiger partial charge in [-0.1, -0.05) is 12.5 Å². The molecule has 3 aliphatic carbocycles. The molecule has 1 aromatic rings. The molecule has 1 nitrogen and oxygen atoms in total. The number of benzene rings is 1. The average molecular weight is 278 g/mol. The zero-order chi connectivity index (χ0) is 13.9. The molecule has 3 fully saturated rings. The van der Waals surface area contributed by atoms with Gasteiger partial charge < -0.3 is 5.11 Å². The van der Waals surface area contributed by atoms with E-state index in [0.29, 0.717) is 29.7 Å². The molecule has 0 amide bonds. The van der Waals surface area contributed by atoms with E-state index in [-0.39, 0.29) is 0 Å². The number of rotatable bonds is 2. The van der Waals surface area contributed by atoms with E-state index in [1.54, 1.807) is 0 Å². The number of halogens is 2. The fourth-order valence-corrected chi connectivity index (χ4v) is 5.43. The summed E-state index contributed by atoms with van der Waals surface area (Å²) in [6.45, 7) is 0. The van der Waals surface area contributed by atoms with Crippen molar-refractivity contribution in [1.29, 1.82) is 0 Å². The zero-order valence-electron chi connectivity index (χ0n) is 11.5. The van der Waals surface area contributed by atoms with Crippen LogP contribution in [0.2, 0.25) is 0 Å². The number of hydrogen-bond acceptors (Lipinski definition) is 1. The molecule has 3 saturated carbocycles.